The number of ether oxygens (including phenoxy) is 1. The van der Waals surface area contributed by atoms with Crippen LogP contribution >= 0.6 is 0 Å². The van der Waals surface area contributed by atoms with Crippen molar-refractivity contribution >= 4 is 34.4 Å². The van der Waals surface area contributed by atoms with Gasteiger partial charge in [-0.05, 0) is 66.9 Å². The molecule has 2 aliphatic heterocycles. The van der Waals surface area contributed by atoms with Crippen molar-refractivity contribution in [1.82, 2.24) is 30.2 Å². The van der Waals surface area contributed by atoms with Gasteiger partial charge in [0.05, 0.1) is 31.1 Å². The maximum absolute atomic E-state index is 13.9. The quantitative estimate of drug-likeness (QED) is 0.235. The molecular weight excluding hydrogens is 589 g/mol. The van der Waals surface area contributed by atoms with Crippen LogP contribution in [0.15, 0.2) is 66.9 Å². The van der Waals surface area contributed by atoms with Gasteiger partial charge in [0.15, 0.2) is 5.83 Å². The Labute approximate surface area is 265 Å². The second-order valence-corrected chi connectivity index (χ2v) is 11.3. The summed E-state index contributed by atoms with van der Waals surface area (Å²) in [6.45, 7) is 4.81. The number of anilines is 2. The first-order chi connectivity index (χ1) is 22.5. The molecule has 0 spiro atoms. The lowest BCUT2D eigenvalue weighted by Gasteiger charge is -2.33. The highest BCUT2D eigenvalue weighted by atomic mass is 19.1. The zero-order chi connectivity index (χ0) is 31.9. The van der Waals surface area contributed by atoms with Crippen LogP contribution in [0.3, 0.4) is 0 Å². The predicted molar refractivity (Wildman–Crippen MR) is 170 cm³/mol. The Morgan fingerprint density at radius 3 is 2.74 bits per heavy atom. The summed E-state index contributed by atoms with van der Waals surface area (Å²) in [6, 6.07) is 14.8. The molecule has 4 aromatic rings. The van der Waals surface area contributed by atoms with Crippen molar-refractivity contribution in [2.45, 2.75) is 31.8 Å². The molecule has 0 aliphatic carbocycles. The molecule has 1 aromatic carbocycles. The molecule has 13 heteroatoms. The molecule has 0 bridgehead atoms. The van der Waals surface area contributed by atoms with Crippen LogP contribution in [0.25, 0.3) is 22.3 Å². The Hall–Kier alpha value is -5.19. The number of amides is 2. The number of nitriles is 1. The van der Waals surface area contributed by atoms with Gasteiger partial charge in [-0.3, -0.25) is 19.5 Å². The van der Waals surface area contributed by atoms with E-state index in [4.69, 9.17) is 10.00 Å². The third-order valence-electron chi connectivity index (χ3n) is 8.06. The van der Waals surface area contributed by atoms with Gasteiger partial charge in [0.2, 0.25) is 0 Å². The van der Waals surface area contributed by atoms with Crippen LogP contribution in [0.5, 0.6) is 0 Å². The number of halogens is 1. The van der Waals surface area contributed by atoms with Crippen molar-refractivity contribution in [2.24, 2.45) is 0 Å². The second kappa shape index (κ2) is 14.3. The Morgan fingerprint density at radius 2 is 1.93 bits per heavy atom. The summed E-state index contributed by atoms with van der Waals surface area (Å²) < 4.78 is 19.4. The van der Waals surface area contributed by atoms with Gasteiger partial charge in [0.1, 0.15) is 23.5 Å². The number of hydrogen-bond donors (Lipinski definition) is 3. The van der Waals surface area contributed by atoms with Crippen LogP contribution in [0.4, 0.5) is 15.9 Å². The number of morpholine rings is 1. The van der Waals surface area contributed by atoms with E-state index >= 15 is 0 Å². The fraction of sp³-hybridized carbons (Fsp3) is 0.333. The molecule has 3 aromatic heterocycles. The van der Waals surface area contributed by atoms with E-state index in [1.807, 2.05) is 36.4 Å². The van der Waals surface area contributed by atoms with Crippen LogP contribution in [0.1, 0.15) is 35.3 Å². The third-order valence-corrected chi connectivity index (χ3v) is 8.06. The van der Waals surface area contributed by atoms with E-state index in [1.54, 1.807) is 24.7 Å². The van der Waals surface area contributed by atoms with Gasteiger partial charge in [0.25, 0.3) is 11.8 Å². The van der Waals surface area contributed by atoms with Crippen LogP contribution in [0.2, 0.25) is 0 Å². The van der Waals surface area contributed by atoms with Crippen LogP contribution in [-0.2, 0) is 16.1 Å². The SMILES string of the molecule is N#CC/C=C(/F)C(=O)N[C@@H]1CCCN(Cc2ccnc(C(=O)Nc3ccc(-c4cc5c(N6CCOCC6)ncnc5[nH]4)cc3)c2)C1. The number of H-pyrrole nitrogens is 1. The van der Waals surface area contributed by atoms with E-state index in [-0.39, 0.29) is 24.1 Å². The Kier molecular flexibility index (Phi) is 9.56. The summed E-state index contributed by atoms with van der Waals surface area (Å²) in [4.78, 5) is 46.2. The maximum Gasteiger partial charge on any atom is 0.279 e. The van der Waals surface area contributed by atoms with E-state index in [1.165, 1.54) is 0 Å². The average Bonchev–Trinajstić information content (AvgIpc) is 3.53. The highest BCUT2D eigenvalue weighted by Gasteiger charge is 2.23. The zero-order valence-electron chi connectivity index (χ0n) is 25.2. The maximum atomic E-state index is 13.9. The van der Waals surface area contributed by atoms with Crippen LogP contribution < -0.4 is 15.5 Å². The van der Waals surface area contributed by atoms with Gasteiger partial charge < -0.3 is 25.3 Å². The van der Waals surface area contributed by atoms with E-state index in [2.05, 4.69) is 40.4 Å². The normalized spacial score (nSPS) is 17.4. The summed E-state index contributed by atoms with van der Waals surface area (Å²) in [5, 5.41) is 15.2. The van der Waals surface area contributed by atoms with E-state index in [0.717, 1.165) is 72.2 Å². The fourth-order valence-corrected chi connectivity index (χ4v) is 5.79. The Balaban J connectivity index is 1.06. The lowest BCUT2D eigenvalue weighted by atomic mass is 10.0. The molecule has 2 aliphatic rings. The summed E-state index contributed by atoms with van der Waals surface area (Å²) in [5.74, 6) is -1.18. The minimum atomic E-state index is -0.941. The first-order valence-corrected chi connectivity index (χ1v) is 15.3. The zero-order valence-corrected chi connectivity index (χ0v) is 25.2. The van der Waals surface area contributed by atoms with Gasteiger partial charge in [-0.25, -0.2) is 14.4 Å². The molecule has 2 amide bonds. The third kappa shape index (κ3) is 7.36. The van der Waals surface area contributed by atoms with Gasteiger partial charge in [-0.1, -0.05) is 12.1 Å². The van der Waals surface area contributed by atoms with Crippen molar-refractivity contribution in [3.05, 3.63) is 78.1 Å². The monoisotopic (exact) mass is 623 g/mol. The standard InChI is InChI=1S/C33H34FN9O3/c34-27(4-1-10-35)32(44)40-25-3-2-12-42(20-25)19-22-9-11-36-29(17-22)33(45)39-24-7-5-23(6-8-24)28-18-26-30(41-28)37-21-38-31(26)43-13-15-46-16-14-43/h4-9,11,17-18,21,25H,1-3,12-16,19-20H2,(H,39,45)(H,40,44)(H,37,38,41)/b27-4+/t25-/m1/s1. The van der Waals surface area contributed by atoms with Gasteiger partial charge in [0, 0.05) is 49.8 Å². The van der Waals surface area contributed by atoms with Gasteiger partial charge in [-0.15, -0.1) is 0 Å². The molecule has 3 N–H and O–H groups in total. The molecule has 236 valence electrons. The number of fused-ring (bicyclic) bond motifs is 1. The van der Waals surface area contributed by atoms with Crippen molar-refractivity contribution in [3.63, 3.8) is 0 Å². The number of likely N-dealkylation sites (tertiary alicyclic amines) is 1. The molecule has 12 nitrogen and oxygen atoms in total. The number of nitrogens with one attached hydrogen (secondary N) is 3. The summed E-state index contributed by atoms with van der Waals surface area (Å²) in [5.41, 5.74) is 4.44. The minimum absolute atomic E-state index is 0.156. The molecule has 0 unspecified atom stereocenters. The number of allylic oxidation sites excluding steroid dienone is 1. The molecular formula is C33H34FN9O3. The summed E-state index contributed by atoms with van der Waals surface area (Å²) >= 11 is 0. The predicted octanol–water partition coefficient (Wildman–Crippen LogP) is 3.96. The molecule has 5 heterocycles. The lowest BCUT2D eigenvalue weighted by Crippen LogP contribution is -2.47. The number of benzene rings is 1. The van der Waals surface area contributed by atoms with Crippen LogP contribution in [0, 0.1) is 11.3 Å². The first-order valence-electron chi connectivity index (χ1n) is 15.3. The molecule has 46 heavy (non-hydrogen) atoms. The van der Waals surface area contributed by atoms with Crippen molar-refractivity contribution in [1.29, 1.82) is 5.26 Å². The number of rotatable bonds is 9. The first kappa shape index (κ1) is 30.8. The minimum Gasteiger partial charge on any atom is -0.378 e. The topological polar surface area (TPSA) is 152 Å². The number of piperidine rings is 1. The molecule has 2 saturated heterocycles. The number of pyridine rings is 1. The fourth-order valence-electron chi connectivity index (χ4n) is 5.79. The number of aromatic nitrogens is 4. The Bertz CT molecular complexity index is 1780. The van der Waals surface area contributed by atoms with Gasteiger partial charge in [-0.2, -0.15) is 5.26 Å². The van der Waals surface area contributed by atoms with E-state index in [9.17, 15) is 14.0 Å². The highest BCUT2D eigenvalue weighted by molar-refractivity contribution is 6.03. The van der Waals surface area contributed by atoms with E-state index < -0.39 is 11.7 Å². The number of carbonyl (C=O) groups excluding carboxylic acids is 2. The molecule has 2 fully saturated rings. The lowest BCUT2D eigenvalue weighted by molar-refractivity contribution is -0.120. The summed E-state index contributed by atoms with van der Waals surface area (Å²) in [6.07, 6.45) is 5.58. The average molecular weight is 624 g/mol. The molecule has 0 radical (unpaired) electrons. The number of carbonyl (C=O) groups is 2. The molecule has 1 atom stereocenters. The molecule has 0 saturated carbocycles. The van der Waals surface area contributed by atoms with Crippen LogP contribution in [-0.4, -0.2) is 82.1 Å². The Morgan fingerprint density at radius 1 is 1.11 bits per heavy atom. The smallest absolute Gasteiger partial charge is 0.279 e. The van der Waals surface area contributed by atoms with E-state index in [0.29, 0.717) is 32.0 Å². The molecule has 6 rings (SSSR count). The summed E-state index contributed by atoms with van der Waals surface area (Å²) in [7, 11) is 0. The second-order valence-electron chi connectivity index (χ2n) is 11.3. The van der Waals surface area contributed by atoms with Crippen molar-refractivity contribution < 1.29 is 18.7 Å². The largest absolute Gasteiger partial charge is 0.378 e. The number of aromatic amines is 1. The number of nitrogens with zero attached hydrogens (tertiary/aromatic N) is 6. The number of hydrogen-bond acceptors (Lipinski definition) is 9. The van der Waals surface area contributed by atoms with Crippen molar-refractivity contribution in [3.8, 4) is 17.3 Å². The van der Waals surface area contributed by atoms with Gasteiger partial charge >= 0.3 is 0 Å². The highest BCUT2D eigenvalue weighted by Crippen LogP contribution is 2.30. The van der Waals surface area contributed by atoms with Crippen molar-refractivity contribution in [2.75, 3.05) is 49.6 Å².